The molecule has 0 atom stereocenters. The van der Waals surface area contributed by atoms with Crippen LogP contribution in [0.2, 0.25) is 0 Å². The van der Waals surface area contributed by atoms with Crippen LogP contribution in [-0.2, 0) is 25.7 Å². The number of hydrogen-bond acceptors (Lipinski definition) is 6. The number of nitrogens with one attached hydrogen (secondary N) is 1. The molecular formula is C18H27N3O5. The van der Waals surface area contributed by atoms with Gasteiger partial charge in [0.15, 0.2) is 0 Å². The molecule has 0 bridgehead atoms. The number of likely N-dealkylation sites (N-methyl/N-ethyl adjacent to an activating group) is 1. The van der Waals surface area contributed by atoms with Crippen LogP contribution in [0, 0.1) is 0 Å². The maximum atomic E-state index is 12.0. The number of piperazine rings is 1. The summed E-state index contributed by atoms with van der Waals surface area (Å²) in [7, 11) is 1.58. The van der Waals surface area contributed by atoms with Crippen molar-refractivity contribution in [1.82, 2.24) is 15.1 Å². The minimum absolute atomic E-state index is 0.0457. The first-order valence-corrected chi connectivity index (χ1v) is 8.54. The monoisotopic (exact) mass is 365 g/mol. The molecule has 1 saturated heterocycles. The summed E-state index contributed by atoms with van der Waals surface area (Å²) in [4.78, 5) is 36.1. The minimum atomic E-state index is -0.484. The third-order valence-electron chi connectivity index (χ3n) is 3.59. The van der Waals surface area contributed by atoms with Crippen LogP contribution in [0.15, 0.2) is 30.3 Å². The first-order chi connectivity index (χ1) is 12.6. The van der Waals surface area contributed by atoms with E-state index in [0.29, 0.717) is 26.2 Å². The molecule has 144 valence electrons. The van der Waals surface area contributed by atoms with Crippen LogP contribution in [0.3, 0.4) is 0 Å². The largest absolute Gasteiger partial charge is 0.468 e. The van der Waals surface area contributed by atoms with Gasteiger partial charge in [-0.2, -0.15) is 0 Å². The van der Waals surface area contributed by atoms with Crippen molar-refractivity contribution in [2.75, 3.05) is 46.4 Å². The summed E-state index contributed by atoms with van der Waals surface area (Å²) in [5.74, 6) is -0.0457. The molecule has 0 unspecified atom stereocenters. The van der Waals surface area contributed by atoms with Gasteiger partial charge in [0.05, 0.1) is 6.61 Å². The summed E-state index contributed by atoms with van der Waals surface area (Å²) in [6, 6.07) is 9.46. The van der Waals surface area contributed by atoms with Crippen molar-refractivity contribution in [2.24, 2.45) is 0 Å². The van der Waals surface area contributed by atoms with Gasteiger partial charge in [0.2, 0.25) is 5.91 Å². The molecule has 0 radical (unpaired) electrons. The molecule has 1 fully saturated rings. The van der Waals surface area contributed by atoms with Crippen LogP contribution >= 0.6 is 0 Å². The second-order valence-electron chi connectivity index (χ2n) is 5.58. The zero-order valence-corrected chi connectivity index (χ0v) is 15.3. The van der Waals surface area contributed by atoms with Crippen LogP contribution in [0.1, 0.15) is 12.5 Å². The molecule has 2 amide bonds. The van der Waals surface area contributed by atoms with E-state index in [2.05, 4.69) is 10.1 Å². The van der Waals surface area contributed by atoms with Crippen LogP contribution in [-0.4, -0.2) is 74.7 Å². The van der Waals surface area contributed by atoms with E-state index in [9.17, 15) is 14.4 Å². The number of ether oxygens (including phenoxy) is 2. The first kappa shape index (κ1) is 21.4. The number of benzene rings is 1. The number of amides is 2. The summed E-state index contributed by atoms with van der Waals surface area (Å²) in [6.07, 6.45) is -0.484. The van der Waals surface area contributed by atoms with Gasteiger partial charge in [-0.05, 0) is 12.5 Å². The molecule has 1 heterocycles. The predicted octanol–water partition coefficient (Wildman–Crippen LogP) is 0.866. The lowest BCUT2D eigenvalue weighted by molar-refractivity contribution is -0.132. The van der Waals surface area contributed by atoms with Gasteiger partial charge in [0.25, 0.3) is 6.47 Å². The Labute approximate surface area is 154 Å². The first-order valence-electron chi connectivity index (χ1n) is 8.54. The van der Waals surface area contributed by atoms with E-state index in [1.807, 2.05) is 30.3 Å². The van der Waals surface area contributed by atoms with Crippen LogP contribution < -0.4 is 5.32 Å². The third kappa shape index (κ3) is 8.48. The van der Waals surface area contributed by atoms with Gasteiger partial charge in [-0.25, -0.2) is 4.79 Å². The van der Waals surface area contributed by atoms with Gasteiger partial charge >= 0.3 is 6.09 Å². The normalized spacial score (nSPS) is 13.1. The average Bonchev–Trinajstić information content (AvgIpc) is 2.68. The molecule has 1 N–H and O–H groups in total. The number of rotatable bonds is 6. The fraction of sp³-hybridized carbons (Fsp3) is 0.500. The molecule has 0 saturated carbocycles. The molecular weight excluding hydrogens is 338 g/mol. The lowest BCUT2D eigenvalue weighted by Crippen LogP contribution is -2.49. The maximum absolute atomic E-state index is 12.0. The van der Waals surface area contributed by atoms with Crippen molar-refractivity contribution in [1.29, 1.82) is 0 Å². The molecule has 26 heavy (non-hydrogen) atoms. The molecule has 0 aliphatic carbocycles. The van der Waals surface area contributed by atoms with Crippen LogP contribution in [0.25, 0.3) is 0 Å². The molecule has 0 spiro atoms. The Balaban J connectivity index is 0.000000597. The summed E-state index contributed by atoms with van der Waals surface area (Å²) < 4.78 is 9.33. The topological polar surface area (TPSA) is 88.2 Å². The Hall–Kier alpha value is -2.61. The summed E-state index contributed by atoms with van der Waals surface area (Å²) in [5, 5.41) is 3.19. The van der Waals surface area contributed by atoms with Gasteiger partial charge in [0.1, 0.15) is 13.2 Å². The minimum Gasteiger partial charge on any atom is -0.468 e. The quantitative estimate of drug-likeness (QED) is 0.753. The molecule has 1 aromatic carbocycles. The van der Waals surface area contributed by atoms with Crippen LogP contribution in [0.5, 0.6) is 0 Å². The summed E-state index contributed by atoms with van der Waals surface area (Å²) >= 11 is 0. The second kappa shape index (κ2) is 12.7. The van der Waals surface area contributed by atoms with Gasteiger partial charge in [0, 0.05) is 33.2 Å². The van der Waals surface area contributed by atoms with E-state index in [-0.39, 0.29) is 19.1 Å². The molecule has 8 heteroatoms. The lowest BCUT2D eigenvalue weighted by Gasteiger charge is -2.29. The number of nitrogens with zero attached hydrogens (tertiary/aromatic N) is 2. The molecule has 1 aliphatic rings. The fourth-order valence-corrected chi connectivity index (χ4v) is 2.18. The Morgan fingerprint density at radius 3 is 2.42 bits per heavy atom. The van der Waals surface area contributed by atoms with Crippen molar-refractivity contribution >= 4 is 18.5 Å². The molecule has 8 nitrogen and oxygen atoms in total. The van der Waals surface area contributed by atoms with E-state index >= 15 is 0 Å². The van der Waals surface area contributed by atoms with Gasteiger partial charge < -0.3 is 24.6 Å². The standard InChI is InChI=1S/C15H21N3O3.C3H6O2/c1-17(11-14(19)18-9-7-16-8-10-18)15(20)21-12-13-5-3-2-4-6-13;1-2-5-3-4/h2-6,16H,7-12H2,1H3;3H,2H2,1H3. The maximum Gasteiger partial charge on any atom is 0.410 e. The van der Waals surface area contributed by atoms with Crippen molar-refractivity contribution in [2.45, 2.75) is 13.5 Å². The van der Waals surface area contributed by atoms with Gasteiger partial charge in [-0.3, -0.25) is 9.59 Å². The van der Waals surface area contributed by atoms with Crippen molar-refractivity contribution in [3.8, 4) is 0 Å². The van der Waals surface area contributed by atoms with Crippen LogP contribution in [0.4, 0.5) is 4.79 Å². The second-order valence-corrected chi connectivity index (χ2v) is 5.58. The average molecular weight is 365 g/mol. The highest BCUT2D eigenvalue weighted by Gasteiger charge is 2.20. The Kier molecular flexibility index (Phi) is 10.5. The van der Waals surface area contributed by atoms with Crippen molar-refractivity contribution < 1.29 is 23.9 Å². The highest BCUT2D eigenvalue weighted by molar-refractivity contribution is 5.82. The third-order valence-corrected chi connectivity index (χ3v) is 3.59. The SMILES string of the molecule is CCOC=O.CN(CC(=O)N1CCNCC1)C(=O)OCc1ccccc1. The summed E-state index contributed by atoms with van der Waals surface area (Å²) in [5.41, 5.74) is 0.924. The Bertz CT molecular complexity index is 547. The van der Waals surface area contributed by atoms with E-state index in [4.69, 9.17) is 4.74 Å². The Morgan fingerprint density at radius 2 is 1.88 bits per heavy atom. The molecule has 0 aromatic heterocycles. The fourth-order valence-electron chi connectivity index (χ4n) is 2.18. The number of carbonyl (C=O) groups excluding carboxylic acids is 3. The lowest BCUT2D eigenvalue weighted by atomic mass is 10.2. The Morgan fingerprint density at radius 1 is 1.23 bits per heavy atom. The zero-order chi connectivity index (χ0) is 19.2. The molecule has 1 aromatic rings. The predicted molar refractivity (Wildman–Crippen MR) is 96.4 cm³/mol. The van der Waals surface area contributed by atoms with Gasteiger partial charge in [-0.15, -0.1) is 0 Å². The molecule has 1 aliphatic heterocycles. The van der Waals surface area contributed by atoms with Crippen molar-refractivity contribution in [3.63, 3.8) is 0 Å². The van der Waals surface area contributed by atoms with E-state index in [0.717, 1.165) is 18.7 Å². The van der Waals surface area contributed by atoms with E-state index < -0.39 is 6.09 Å². The number of hydrogen-bond donors (Lipinski definition) is 1. The summed E-state index contributed by atoms with van der Waals surface area (Å²) in [6.45, 7) is 5.90. The number of carbonyl (C=O) groups is 3. The highest BCUT2D eigenvalue weighted by atomic mass is 16.6. The van der Waals surface area contributed by atoms with Gasteiger partial charge in [-0.1, -0.05) is 30.3 Å². The smallest absolute Gasteiger partial charge is 0.410 e. The van der Waals surface area contributed by atoms with Crippen molar-refractivity contribution in [3.05, 3.63) is 35.9 Å². The highest BCUT2D eigenvalue weighted by Crippen LogP contribution is 2.03. The van der Waals surface area contributed by atoms with E-state index in [1.54, 1.807) is 18.9 Å². The molecule has 2 rings (SSSR count). The zero-order valence-electron chi connectivity index (χ0n) is 15.3. The van der Waals surface area contributed by atoms with E-state index in [1.165, 1.54) is 4.90 Å².